The molecule has 0 aliphatic carbocycles. The third-order valence-electron chi connectivity index (χ3n) is 3.55. The van der Waals surface area contributed by atoms with E-state index in [0.717, 1.165) is 21.7 Å². The number of carbonyl (C=O) groups is 1. The maximum absolute atomic E-state index is 12.9. The van der Waals surface area contributed by atoms with Crippen molar-refractivity contribution in [1.29, 1.82) is 0 Å². The first kappa shape index (κ1) is 14.7. The van der Waals surface area contributed by atoms with Gasteiger partial charge in [-0.1, -0.05) is 23.9 Å². The lowest BCUT2D eigenvalue weighted by atomic mass is 10.1. The summed E-state index contributed by atoms with van der Waals surface area (Å²) in [4.78, 5) is 20.1. The van der Waals surface area contributed by atoms with Gasteiger partial charge >= 0.3 is 0 Å². The van der Waals surface area contributed by atoms with E-state index in [2.05, 4.69) is 30.6 Å². The number of anilines is 2. The van der Waals surface area contributed by atoms with E-state index in [-0.39, 0.29) is 5.91 Å². The van der Waals surface area contributed by atoms with Crippen molar-refractivity contribution < 1.29 is 4.79 Å². The van der Waals surface area contributed by atoms with Crippen LogP contribution in [0.25, 0.3) is 0 Å². The number of aryl methyl sites for hydroxylation is 2. The van der Waals surface area contributed by atoms with Crippen LogP contribution < -0.4 is 10.6 Å². The summed E-state index contributed by atoms with van der Waals surface area (Å²) in [5, 5.41) is 0.692. The Labute approximate surface area is 134 Å². The van der Waals surface area contributed by atoms with E-state index in [1.807, 2.05) is 6.92 Å². The molecule has 0 spiro atoms. The Balaban J connectivity index is 2.28. The lowest BCUT2D eigenvalue weighted by Gasteiger charge is -2.23. The quantitative estimate of drug-likeness (QED) is 0.861. The van der Waals surface area contributed by atoms with Crippen LogP contribution in [0.15, 0.2) is 47.0 Å². The van der Waals surface area contributed by atoms with E-state index < -0.39 is 0 Å². The fraction of sp³-hybridized carbons (Fsp3) is 0.176. The van der Waals surface area contributed by atoms with Gasteiger partial charge in [-0.2, -0.15) is 0 Å². The number of rotatable bonds is 2. The summed E-state index contributed by atoms with van der Waals surface area (Å²) in [5.74, 6) is -0.0899. The first-order valence-corrected chi connectivity index (χ1v) is 7.80. The number of nitrogens with two attached hydrogens (primary N) is 1. The highest BCUT2D eigenvalue weighted by Crippen LogP contribution is 2.42. The Morgan fingerprint density at radius 1 is 1.36 bits per heavy atom. The third kappa shape index (κ3) is 2.37. The number of pyridine rings is 1. The molecule has 1 aromatic heterocycles. The molecule has 5 heteroatoms. The van der Waals surface area contributed by atoms with Crippen LogP contribution in [0.2, 0.25) is 0 Å². The van der Waals surface area contributed by atoms with Gasteiger partial charge < -0.3 is 10.6 Å². The molecule has 2 heterocycles. The zero-order valence-electron chi connectivity index (χ0n) is 12.6. The Kier molecular flexibility index (Phi) is 3.66. The SMILES string of the molecule is C=CCN1C(=O)c2cc(N)cnc2Sc2cc(C)cc(C)c21. The second-order valence-electron chi connectivity index (χ2n) is 5.36. The Morgan fingerprint density at radius 3 is 2.86 bits per heavy atom. The average Bonchev–Trinajstić information content (AvgIpc) is 2.56. The summed E-state index contributed by atoms with van der Waals surface area (Å²) in [7, 11) is 0. The fourth-order valence-electron chi connectivity index (χ4n) is 2.70. The minimum Gasteiger partial charge on any atom is -0.397 e. The summed E-state index contributed by atoms with van der Waals surface area (Å²) < 4.78 is 0. The Bertz CT molecular complexity index is 786. The smallest absolute Gasteiger partial charge is 0.261 e. The van der Waals surface area contributed by atoms with Crippen molar-refractivity contribution in [2.75, 3.05) is 17.2 Å². The molecule has 3 rings (SSSR count). The lowest BCUT2D eigenvalue weighted by Crippen LogP contribution is -2.31. The molecule has 112 valence electrons. The summed E-state index contributed by atoms with van der Waals surface area (Å²) in [5.41, 5.74) is 10.0. The van der Waals surface area contributed by atoms with Crippen molar-refractivity contribution in [2.24, 2.45) is 0 Å². The van der Waals surface area contributed by atoms with Gasteiger partial charge in [0.2, 0.25) is 0 Å². The molecule has 4 nitrogen and oxygen atoms in total. The van der Waals surface area contributed by atoms with Crippen molar-refractivity contribution in [3.05, 3.63) is 53.7 Å². The normalized spacial score (nSPS) is 13.4. The van der Waals surface area contributed by atoms with E-state index in [1.54, 1.807) is 23.2 Å². The number of hydrogen-bond acceptors (Lipinski definition) is 4. The molecular weight excluding hydrogens is 294 g/mol. The highest BCUT2D eigenvalue weighted by Gasteiger charge is 2.29. The Hall–Kier alpha value is -2.27. The molecular formula is C17H17N3OS. The average molecular weight is 311 g/mol. The highest BCUT2D eigenvalue weighted by atomic mass is 32.2. The number of nitrogens with zero attached hydrogens (tertiary/aromatic N) is 2. The van der Waals surface area contributed by atoms with Crippen LogP contribution in [-0.2, 0) is 0 Å². The lowest BCUT2D eigenvalue weighted by molar-refractivity contribution is 0.0986. The van der Waals surface area contributed by atoms with Crippen molar-refractivity contribution in [1.82, 2.24) is 4.98 Å². The number of benzene rings is 1. The molecule has 0 fully saturated rings. The fourth-order valence-corrected chi connectivity index (χ4v) is 3.88. The van der Waals surface area contributed by atoms with Gasteiger partial charge in [0.15, 0.2) is 0 Å². The second-order valence-corrected chi connectivity index (χ2v) is 6.39. The maximum atomic E-state index is 12.9. The molecule has 1 aliphatic heterocycles. The molecule has 0 atom stereocenters. The van der Waals surface area contributed by atoms with Crippen LogP contribution in [0.3, 0.4) is 0 Å². The molecule has 0 bridgehead atoms. The number of nitrogen functional groups attached to an aromatic ring is 1. The number of carbonyl (C=O) groups excluding carboxylic acids is 1. The third-order valence-corrected chi connectivity index (χ3v) is 4.60. The molecule has 1 amide bonds. The van der Waals surface area contributed by atoms with Gasteiger partial charge in [-0.25, -0.2) is 4.98 Å². The molecule has 2 N–H and O–H groups in total. The molecule has 2 aromatic rings. The van der Waals surface area contributed by atoms with Crippen LogP contribution in [0.4, 0.5) is 11.4 Å². The zero-order valence-corrected chi connectivity index (χ0v) is 13.4. The van der Waals surface area contributed by atoms with E-state index >= 15 is 0 Å². The first-order chi connectivity index (χ1) is 10.5. The maximum Gasteiger partial charge on any atom is 0.261 e. The van der Waals surface area contributed by atoms with E-state index in [9.17, 15) is 4.79 Å². The summed E-state index contributed by atoms with van der Waals surface area (Å²) in [6.07, 6.45) is 3.32. The first-order valence-electron chi connectivity index (χ1n) is 6.98. The van der Waals surface area contributed by atoms with Crippen molar-refractivity contribution in [2.45, 2.75) is 23.8 Å². The largest absolute Gasteiger partial charge is 0.397 e. The number of amides is 1. The van der Waals surface area contributed by atoms with Crippen LogP contribution in [-0.4, -0.2) is 17.4 Å². The van der Waals surface area contributed by atoms with Gasteiger partial charge in [-0.05, 0) is 37.1 Å². The number of hydrogen-bond donors (Lipinski definition) is 1. The van der Waals surface area contributed by atoms with E-state index in [4.69, 9.17) is 5.73 Å². The highest BCUT2D eigenvalue weighted by molar-refractivity contribution is 7.99. The Morgan fingerprint density at radius 2 is 2.14 bits per heavy atom. The van der Waals surface area contributed by atoms with Crippen LogP contribution in [0, 0.1) is 13.8 Å². The standard InChI is InChI=1S/C17H17N3OS/c1-4-5-20-15-11(3)6-10(2)7-14(15)22-16-13(17(20)21)8-12(18)9-19-16/h4,6-9H,1,5,18H2,2-3H3. The zero-order chi connectivity index (χ0) is 15.9. The monoisotopic (exact) mass is 311 g/mol. The minimum absolute atomic E-state index is 0.0899. The van der Waals surface area contributed by atoms with Gasteiger partial charge in [-0.3, -0.25) is 4.79 Å². The topological polar surface area (TPSA) is 59.2 Å². The second kappa shape index (κ2) is 5.50. The summed E-state index contributed by atoms with van der Waals surface area (Å²) >= 11 is 1.51. The van der Waals surface area contributed by atoms with Crippen LogP contribution in [0.5, 0.6) is 0 Å². The molecule has 0 saturated heterocycles. The number of aromatic nitrogens is 1. The minimum atomic E-state index is -0.0899. The van der Waals surface area contributed by atoms with Crippen molar-refractivity contribution in [3.63, 3.8) is 0 Å². The van der Waals surface area contributed by atoms with Crippen LogP contribution >= 0.6 is 11.8 Å². The van der Waals surface area contributed by atoms with Crippen molar-refractivity contribution >= 4 is 29.0 Å². The number of fused-ring (bicyclic) bond motifs is 2. The van der Waals surface area contributed by atoms with E-state index in [1.165, 1.54) is 11.8 Å². The van der Waals surface area contributed by atoms with Gasteiger partial charge in [0.1, 0.15) is 5.03 Å². The van der Waals surface area contributed by atoms with E-state index in [0.29, 0.717) is 22.8 Å². The molecule has 22 heavy (non-hydrogen) atoms. The van der Waals surface area contributed by atoms with Gasteiger partial charge in [-0.15, -0.1) is 6.58 Å². The molecule has 0 radical (unpaired) electrons. The van der Waals surface area contributed by atoms with Gasteiger partial charge in [0, 0.05) is 11.4 Å². The van der Waals surface area contributed by atoms with Gasteiger partial charge in [0.25, 0.3) is 5.91 Å². The summed E-state index contributed by atoms with van der Waals surface area (Å²) in [6.45, 7) is 8.29. The predicted octanol–water partition coefficient (Wildman–Crippen LogP) is 3.58. The molecule has 0 saturated carbocycles. The molecule has 0 unspecified atom stereocenters. The molecule has 1 aliphatic rings. The molecule has 1 aromatic carbocycles. The van der Waals surface area contributed by atoms with Crippen LogP contribution in [0.1, 0.15) is 21.5 Å². The summed E-state index contributed by atoms with van der Waals surface area (Å²) in [6, 6.07) is 5.87. The van der Waals surface area contributed by atoms with Crippen molar-refractivity contribution in [3.8, 4) is 0 Å². The predicted molar refractivity (Wildman–Crippen MR) is 90.6 cm³/mol. The van der Waals surface area contributed by atoms with Gasteiger partial charge in [0.05, 0.1) is 23.1 Å².